The van der Waals surface area contributed by atoms with Crippen LogP contribution < -0.4 is 5.32 Å². The van der Waals surface area contributed by atoms with Crippen molar-refractivity contribution in [2.45, 2.75) is 57.1 Å². The second kappa shape index (κ2) is 5.74. The molecule has 1 unspecified atom stereocenters. The van der Waals surface area contributed by atoms with E-state index in [1.165, 1.54) is 37.2 Å². The van der Waals surface area contributed by atoms with E-state index in [9.17, 15) is 5.11 Å². The maximum absolute atomic E-state index is 10.5. The molecule has 0 aromatic heterocycles. The van der Waals surface area contributed by atoms with Gasteiger partial charge in [0.25, 0.3) is 0 Å². The first-order chi connectivity index (χ1) is 7.72. The van der Waals surface area contributed by atoms with Gasteiger partial charge in [-0.05, 0) is 43.8 Å². The molecule has 0 aromatic carbocycles. The SMILES string of the molecule is CCC1CCC(O)(CNC2CCSC2)CC1. The van der Waals surface area contributed by atoms with Gasteiger partial charge >= 0.3 is 0 Å². The summed E-state index contributed by atoms with van der Waals surface area (Å²) >= 11 is 2.03. The van der Waals surface area contributed by atoms with Gasteiger partial charge in [-0.3, -0.25) is 0 Å². The fraction of sp³-hybridized carbons (Fsp3) is 1.00. The third-order valence-electron chi connectivity index (χ3n) is 4.26. The highest BCUT2D eigenvalue weighted by Crippen LogP contribution is 2.33. The first kappa shape index (κ1) is 12.7. The summed E-state index contributed by atoms with van der Waals surface area (Å²) in [5.74, 6) is 3.38. The topological polar surface area (TPSA) is 32.3 Å². The van der Waals surface area contributed by atoms with E-state index in [4.69, 9.17) is 0 Å². The monoisotopic (exact) mass is 243 g/mol. The normalized spacial score (nSPS) is 40.1. The van der Waals surface area contributed by atoms with Crippen LogP contribution in [-0.2, 0) is 0 Å². The van der Waals surface area contributed by atoms with Crippen molar-refractivity contribution >= 4 is 11.8 Å². The Kier molecular flexibility index (Phi) is 4.57. The van der Waals surface area contributed by atoms with E-state index in [0.717, 1.165) is 25.3 Å². The summed E-state index contributed by atoms with van der Waals surface area (Å²) in [6, 6.07) is 0.651. The molecule has 0 spiro atoms. The van der Waals surface area contributed by atoms with Crippen LogP contribution in [0.2, 0.25) is 0 Å². The third kappa shape index (κ3) is 3.38. The van der Waals surface area contributed by atoms with Crippen molar-refractivity contribution in [3.8, 4) is 0 Å². The Labute approximate surface area is 104 Å². The molecule has 0 radical (unpaired) electrons. The number of rotatable bonds is 4. The van der Waals surface area contributed by atoms with Crippen molar-refractivity contribution in [3.05, 3.63) is 0 Å². The molecule has 1 saturated carbocycles. The van der Waals surface area contributed by atoms with E-state index in [1.807, 2.05) is 11.8 Å². The van der Waals surface area contributed by atoms with Crippen LogP contribution >= 0.6 is 11.8 Å². The van der Waals surface area contributed by atoms with Gasteiger partial charge in [-0.2, -0.15) is 11.8 Å². The van der Waals surface area contributed by atoms with Crippen LogP contribution in [0.4, 0.5) is 0 Å². The van der Waals surface area contributed by atoms with E-state index in [2.05, 4.69) is 12.2 Å². The molecule has 2 N–H and O–H groups in total. The van der Waals surface area contributed by atoms with E-state index in [0.29, 0.717) is 6.04 Å². The van der Waals surface area contributed by atoms with Gasteiger partial charge in [0.05, 0.1) is 5.60 Å². The molecule has 94 valence electrons. The van der Waals surface area contributed by atoms with Gasteiger partial charge in [0.1, 0.15) is 0 Å². The maximum atomic E-state index is 10.5. The quantitative estimate of drug-likeness (QED) is 0.795. The zero-order valence-electron chi connectivity index (χ0n) is 10.4. The van der Waals surface area contributed by atoms with Crippen LogP contribution in [-0.4, -0.2) is 34.8 Å². The average molecular weight is 243 g/mol. The smallest absolute Gasteiger partial charge is 0.0771 e. The van der Waals surface area contributed by atoms with Crippen LogP contribution in [0.15, 0.2) is 0 Å². The van der Waals surface area contributed by atoms with Crippen LogP contribution in [0, 0.1) is 5.92 Å². The lowest BCUT2D eigenvalue weighted by Crippen LogP contribution is -2.46. The molecule has 1 aliphatic heterocycles. The largest absolute Gasteiger partial charge is 0.389 e. The van der Waals surface area contributed by atoms with Gasteiger partial charge in [-0.15, -0.1) is 0 Å². The minimum Gasteiger partial charge on any atom is -0.389 e. The lowest BCUT2D eigenvalue weighted by Gasteiger charge is -2.36. The number of thioether (sulfide) groups is 1. The second-order valence-electron chi connectivity index (χ2n) is 5.52. The molecule has 1 aliphatic carbocycles. The lowest BCUT2D eigenvalue weighted by atomic mass is 9.78. The van der Waals surface area contributed by atoms with Gasteiger partial charge in [-0.25, -0.2) is 0 Å². The summed E-state index contributed by atoms with van der Waals surface area (Å²) < 4.78 is 0. The molecule has 16 heavy (non-hydrogen) atoms. The number of aliphatic hydroxyl groups is 1. The van der Waals surface area contributed by atoms with Gasteiger partial charge in [0, 0.05) is 18.3 Å². The minimum absolute atomic E-state index is 0.404. The van der Waals surface area contributed by atoms with Gasteiger partial charge in [0.2, 0.25) is 0 Å². The van der Waals surface area contributed by atoms with Crippen LogP contribution in [0.1, 0.15) is 45.4 Å². The number of hydrogen-bond acceptors (Lipinski definition) is 3. The molecule has 1 heterocycles. The van der Waals surface area contributed by atoms with Crippen LogP contribution in [0.25, 0.3) is 0 Å². The van der Waals surface area contributed by atoms with Crippen LogP contribution in [0.5, 0.6) is 0 Å². The predicted octanol–water partition coefficient (Wildman–Crippen LogP) is 2.41. The molecule has 0 amide bonds. The molecule has 0 aromatic rings. The highest BCUT2D eigenvalue weighted by Gasteiger charge is 2.33. The highest BCUT2D eigenvalue weighted by molar-refractivity contribution is 7.99. The molecule has 2 rings (SSSR count). The number of nitrogens with one attached hydrogen (secondary N) is 1. The molecule has 1 atom stereocenters. The Morgan fingerprint density at radius 1 is 1.31 bits per heavy atom. The summed E-state index contributed by atoms with van der Waals surface area (Å²) in [6.07, 6.45) is 6.99. The van der Waals surface area contributed by atoms with Gasteiger partial charge < -0.3 is 10.4 Å². The minimum atomic E-state index is -0.404. The van der Waals surface area contributed by atoms with E-state index < -0.39 is 5.60 Å². The molecule has 1 saturated heterocycles. The maximum Gasteiger partial charge on any atom is 0.0771 e. The van der Waals surface area contributed by atoms with Gasteiger partial charge in [-0.1, -0.05) is 13.3 Å². The highest BCUT2D eigenvalue weighted by atomic mass is 32.2. The fourth-order valence-electron chi connectivity index (χ4n) is 2.83. The summed E-state index contributed by atoms with van der Waals surface area (Å²) in [5, 5.41) is 14.0. The molecule has 2 fully saturated rings. The van der Waals surface area contributed by atoms with E-state index in [1.54, 1.807) is 0 Å². The molecule has 3 heteroatoms. The first-order valence-electron chi connectivity index (χ1n) is 6.75. The Bertz CT molecular complexity index is 208. The first-order valence-corrected chi connectivity index (χ1v) is 7.91. The Morgan fingerprint density at radius 3 is 2.62 bits per heavy atom. The zero-order valence-corrected chi connectivity index (χ0v) is 11.2. The Morgan fingerprint density at radius 2 is 2.06 bits per heavy atom. The van der Waals surface area contributed by atoms with Crippen molar-refractivity contribution in [3.63, 3.8) is 0 Å². The van der Waals surface area contributed by atoms with Crippen molar-refractivity contribution < 1.29 is 5.11 Å². The molecule has 0 bridgehead atoms. The standard InChI is InChI=1S/C13H25NOS/c1-2-11-3-6-13(15,7-4-11)10-14-12-5-8-16-9-12/h11-12,14-15H,2-10H2,1H3. The third-order valence-corrected chi connectivity index (χ3v) is 5.43. The lowest BCUT2D eigenvalue weighted by molar-refractivity contribution is -0.0101. The molecular formula is C13H25NOS. The second-order valence-corrected chi connectivity index (χ2v) is 6.67. The van der Waals surface area contributed by atoms with Crippen molar-refractivity contribution in [1.29, 1.82) is 0 Å². The molecule has 2 aliphatic rings. The summed E-state index contributed by atoms with van der Waals surface area (Å²) in [5.41, 5.74) is -0.404. The summed E-state index contributed by atoms with van der Waals surface area (Å²) in [4.78, 5) is 0. The van der Waals surface area contributed by atoms with Crippen molar-refractivity contribution in [1.82, 2.24) is 5.32 Å². The van der Waals surface area contributed by atoms with Crippen LogP contribution in [0.3, 0.4) is 0 Å². The van der Waals surface area contributed by atoms with E-state index >= 15 is 0 Å². The van der Waals surface area contributed by atoms with Gasteiger partial charge in [0.15, 0.2) is 0 Å². The molecule has 2 nitrogen and oxygen atoms in total. The fourth-order valence-corrected chi connectivity index (χ4v) is 4.02. The Hall–Kier alpha value is 0.270. The van der Waals surface area contributed by atoms with E-state index in [-0.39, 0.29) is 0 Å². The summed E-state index contributed by atoms with van der Waals surface area (Å²) in [6.45, 7) is 3.08. The van der Waals surface area contributed by atoms with Crippen molar-refractivity contribution in [2.75, 3.05) is 18.1 Å². The zero-order chi connectivity index (χ0) is 11.4. The predicted molar refractivity (Wildman–Crippen MR) is 70.9 cm³/mol. The van der Waals surface area contributed by atoms with Crippen molar-refractivity contribution in [2.24, 2.45) is 5.92 Å². The Balaban J connectivity index is 1.71. The molecular weight excluding hydrogens is 218 g/mol. The average Bonchev–Trinajstić information content (AvgIpc) is 2.81. The summed E-state index contributed by atoms with van der Waals surface area (Å²) in [7, 11) is 0. The number of hydrogen-bond donors (Lipinski definition) is 2.